The molecule has 146 valence electrons. The summed E-state index contributed by atoms with van der Waals surface area (Å²) in [7, 11) is -3.67. The predicted molar refractivity (Wildman–Crippen MR) is 111 cm³/mol. The minimum absolute atomic E-state index is 0.244. The van der Waals surface area contributed by atoms with E-state index in [0.717, 1.165) is 22.5 Å². The Morgan fingerprint density at radius 3 is 2.30 bits per heavy atom. The summed E-state index contributed by atoms with van der Waals surface area (Å²) in [5, 5.41) is 3.29. The van der Waals surface area contributed by atoms with Crippen LogP contribution in [0.25, 0.3) is 0 Å². The number of hydrogen-bond acceptors (Lipinski definition) is 3. The molecule has 2 atom stereocenters. The van der Waals surface area contributed by atoms with E-state index in [1.165, 1.54) is 11.6 Å². The number of amides is 1. The molecule has 2 aromatic rings. The zero-order valence-electron chi connectivity index (χ0n) is 15.9. The van der Waals surface area contributed by atoms with Crippen molar-refractivity contribution in [3.63, 3.8) is 0 Å². The smallest absolute Gasteiger partial charge is 0.244 e. The molecule has 27 heavy (non-hydrogen) atoms. The van der Waals surface area contributed by atoms with Gasteiger partial charge in [-0.15, -0.1) is 0 Å². The number of carbonyl (C=O) groups is 1. The number of sulfonamides is 1. The summed E-state index contributed by atoms with van der Waals surface area (Å²) in [4.78, 5) is 12.7. The van der Waals surface area contributed by atoms with Crippen LogP contribution in [-0.4, -0.2) is 26.6 Å². The van der Waals surface area contributed by atoms with Gasteiger partial charge in [-0.05, 0) is 49.6 Å². The van der Waals surface area contributed by atoms with E-state index in [2.05, 4.69) is 12.2 Å². The molecule has 0 heterocycles. The maximum absolute atomic E-state index is 12.7. The normalized spacial score (nSPS) is 13.7. The molecule has 5 nitrogen and oxygen atoms in total. The second-order valence-corrected chi connectivity index (χ2v) is 8.84. The standard InChI is InChI=1S/C20H25ClN2O3S/c1-5-16-9-11-17(12-10-16)14(2)22-20(24)15(3)23(27(4,25)26)19-8-6-7-18(21)13-19/h6-15H,5H2,1-4H3,(H,22,24)/t14-,15+/m1/s1. The number of nitrogens with one attached hydrogen (secondary N) is 1. The first-order valence-corrected chi connectivity index (χ1v) is 11.0. The van der Waals surface area contributed by atoms with E-state index in [1.807, 2.05) is 31.2 Å². The molecule has 0 aliphatic heterocycles. The van der Waals surface area contributed by atoms with Crippen LogP contribution in [0.2, 0.25) is 5.02 Å². The van der Waals surface area contributed by atoms with Gasteiger partial charge in [-0.1, -0.05) is 48.9 Å². The van der Waals surface area contributed by atoms with Gasteiger partial charge in [0.15, 0.2) is 0 Å². The third kappa shape index (κ3) is 5.47. The monoisotopic (exact) mass is 408 g/mol. The zero-order chi connectivity index (χ0) is 20.2. The third-order valence-electron chi connectivity index (χ3n) is 4.40. The van der Waals surface area contributed by atoms with E-state index >= 15 is 0 Å². The Kier molecular flexibility index (Phi) is 6.89. The molecular weight excluding hydrogens is 384 g/mol. The van der Waals surface area contributed by atoms with Gasteiger partial charge < -0.3 is 5.32 Å². The van der Waals surface area contributed by atoms with E-state index < -0.39 is 16.1 Å². The van der Waals surface area contributed by atoms with Gasteiger partial charge in [-0.2, -0.15) is 0 Å². The Balaban J connectivity index is 2.21. The lowest BCUT2D eigenvalue weighted by Crippen LogP contribution is -2.48. The molecule has 0 aliphatic rings. The van der Waals surface area contributed by atoms with Gasteiger partial charge in [0, 0.05) is 5.02 Å². The van der Waals surface area contributed by atoms with Crippen molar-refractivity contribution in [2.24, 2.45) is 0 Å². The summed E-state index contributed by atoms with van der Waals surface area (Å²) >= 11 is 5.99. The highest BCUT2D eigenvalue weighted by atomic mass is 35.5. The summed E-state index contributed by atoms with van der Waals surface area (Å²) in [6.45, 7) is 5.51. The van der Waals surface area contributed by atoms with Crippen LogP contribution in [-0.2, 0) is 21.2 Å². The average molecular weight is 409 g/mol. The van der Waals surface area contributed by atoms with Crippen LogP contribution < -0.4 is 9.62 Å². The topological polar surface area (TPSA) is 66.5 Å². The Hall–Kier alpha value is -2.05. The van der Waals surface area contributed by atoms with Crippen molar-refractivity contribution >= 4 is 33.2 Å². The number of halogens is 1. The van der Waals surface area contributed by atoms with Crippen LogP contribution in [0.1, 0.15) is 37.9 Å². The van der Waals surface area contributed by atoms with Crippen molar-refractivity contribution in [3.8, 4) is 0 Å². The molecule has 0 saturated heterocycles. The van der Waals surface area contributed by atoms with Crippen molar-refractivity contribution in [1.82, 2.24) is 5.32 Å². The molecule has 0 saturated carbocycles. The SMILES string of the molecule is CCc1ccc([C@@H](C)NC(=O)[C@H](C)N(c2cccc(Cl)c2)S(C)(=O)=O)cc1. The number of hydrogen-bond donors (Lipinski definition) is 1. The van der Waals surface area contributed by atoms with Gasteiger partial charge in [0.25, 0.3) is 0 Å². The quantitative estimate of drug-likeness (QED) is 0.754. The third-order valence-corrected chi connectivity index (χ3v) is 5.87. The van der Waals surface area contributed by atoms with Crippen molar-refractivity contribution < 1.29 is 13.2 Å². The van der Waals surface area contributed by atoms with Crippen molar-refractivity contribution in [1.29, 1.82) is 0 Å². The molecule has 0 unspecified atom stereocenters. The molecule has 0 aromatic heterocycles. The summed E-state index contributed by atoms with van der Waals surface area (Å²) in [6, 6.07) is 13.3. The van der Waals surface area contributed by atoms with Crippen LogP contribution in [0.5, 0.6) is 0 Å². The average Bonchev–Trinajstić information content (AvgIpc) is 2.60. The van der Waals surface area contributed by atoms with Crippen molar-refractivity contribution in [3.05, 3.63) is 64.7 Å². The van der Waals surface area contributed by atoms with Crippen LogP contribution in [0.3, 0.4) is 0 Å². The first kappa shape index (κ1) is 21.3. The summed E-state index contributed by atoms with van der Waals surface area (Å²) in [6.07, 6.45) is 2.02. The van der Waals surface area contributed by atoms with E-state index in [4.69, 9.17) is 11.6 Å². The van der Waals surface area contributed by atoms with Crippen molar-refractivity contribution in [2.45, 2.75) is 39.3 Å². The van der Waals surface area contributed by atoms with E-state index in [-0.39, 0.29) is 11.9 Å². The number of rotatable bonds is 7. The molecule has 0 radical (unpaired) electrons. The molecule has 0 aliphatic carbocycles. The molecule has 0 bridgehead atoms. The molecule has 2 aromatic carbocycles. The fraction of sp³-hybridized carbons (Fsp3) is 0.350. The number of anilines is 1. The fourth-order valence-electron chi connectivity index (χ4n) is 2.88. The highest BCUT2D eigenvalue weighted by molar-refractivity contribution is 7.92. The molecule has 1 amide bonds. The summed E-state index contributed by atoms with van der Waals surface area (Å²) in [5.41, 5.74) is 2.53. The second kappa shape index (κ2) is 8.76. The van der Waals surface area contributed by atoms with E-state index in [0.29, 0.717) is 10.7 Å². The Labute approximate surface area is 166 Å². The number of aryl methyl sites for hydroxylation is 1. The molecule has 1 N–H and O–H groups in total. The van der Waals surface area contributed by atoms with E-state index in [9.17, 15) is 13.2 Å². The largest absolute Gasteiger partial charge is 0.348 e. The lowest BCUT2D eigenvalue weighted by Gasteiger charge is -2.29. The highest BCUT2D eigenvalue weighted by Gasteiger charge is 2.30. The number of benzene rings is 2. The van der Waals surface area contributed by atoms with Crippen LogP contribution in [0.4, 0.5) is 5.69 Å². The van der Waals surface area contributed by atoms with Gasteiger partial charge in [0.05, 0.1) is 18.0 Å². The van der Waals surface area contributed by atoms with Crippen molar-refractivity contribution in [2.75, 3.05) is 10.6 Å². The first-order chi connectivity index (χ1) is 12.6. The molecule has 0 fully saturated rings. The number of carbonyl (C=O) groups excluding carboxylic acids is 1. The maximum atomic E-state index is 12.7. The Morgan fingerprint density at radius 2 is 1.78 bits per heavy atom. The predicted octanol–water partition coefficient (Wildman–Crippen LogP) is 3.93. The molecule has 2 rings (SSSR count). The Morgan fingerprint density at radius 1 is 1.15 bits per heavy atom. The zero-order valence-corrected chi connectivity index (χ0v) is 17.5. The van der Waals surface area contributed by atoms with Gasteiger partial charge >= 0.3 is 0 Å². The second-order valence-electron chi connectivity index (χ2n) is 6.54. The van der Waals surface area contributed by atoms with Crippen LogP contribution in [0.15, 0.2) is 48.5 Å². The molecular formula is C20H25ClN2O3S. The summed E-state index contributed by atoms with van der Waals surface area (Å²) < 4.78 is 25.7. The first-order valence-electron chi connectivity index (χ1n) is 8.77. The molecule has 7 heteroatoms. The summed E-state index contributed by atoms with van der Waals surface area (Å²) in [5.74, 6) is -0.382. The lowest BCUT2D eigenvalue weighted by atomic mass is 10.0. The van der Waals surface area contributed by atoms with Gasteiger partial charge in [0.2, 0.25) is 15.9 Å². The lowest BCUT2D eigenvalue weighted by molar-refractivity contribution is -0.122. The van der Waals surface area contributed by atoms with E-state index in [1.54, 1.807) is 25.1 Å². The fourth-order valence-corrected chi connectivity index (χ4v) is 4.23. The highest BCUT2D eigenvalue weighted by Crippen LogP contribution is 2.24. The van der Waals surface area contributed by atoms with Gasteiger partial charge in [0.1, 0.15) is 6.04 Å². The maximum Gasteiger partial charge on any atom is 0.244 e. The van der Waals surface area contributed by atoms with Crippen LogP contribution in [0, 0.1) is 0 Å². The number of nitrogens with zero attached hydrogens (tertiary/aromatic N) is 1. The van der Waals surface area contributed by atoms with Gasteiger partial charge in [-0.25, -0.2) is 8.42 Å². The minimum atomic E-state index is -3.67. The van der Waals surface area contributed by atoms with Gasteiger partial charge in [-0.3, -0.25) is 9.10 Å². The Bertz CT molecular complexity index is 898. The van der Waals surface area contributed by atoms with Crippen LogP contribution >= 0.6 is 11.6 Å². The molecule has 0 spiro atoms. The minimum Gasteiger partial charge on any atom is -0.348 e.